The maximum absolute atomic E-state index is 11.6. The Morgan fingerprint density at radius 1 is 1.35 bits per heavy atom. The summed E-state index contributed by atoms with van der Waals surface area (Å²) in [4.78, 5) is 11.6. The smallest absolute Gasteiger partial charge is 0.220 e. The molecular formula is C15H21NO. The Kier molecular flexibility index (Phi) is 3.51. The third kappa shape index (κ3) is 2.68. The molecule has 2 atom stereocenters. The maximum atomic E-state index is 11.6. The molecule has 17 heavy (non-hydrogen) atoms. The Bertz CT molecular complexity index is 387. The highest BCUT2D eigenvalue weighted by molar-refractivity contribution is 5.80. The predicted molar refractivity (Wildman–Crippen MR) is 69.7 cm³/mol. The van der Waals surface area contributed by atoms with Crippen LogP contribution in [-0.2, 0) is 11.2 Å². The maximum Gasteiger partial charge on any atom is 0.220 e. The highest BCUT2D eigenvalue weighted by atomic mass is 16.2. The molecule has 2 unspecified atom stereocenters. The van der Waals surface area contributed by atoms with Gasteiger partial charge in [-0.05, 0) is 23.8 Å². The van der Waals surface area contributed by atoms with Gasteiger partial charge in [-0.3, -0.25) is 4.79 Å². The largest absolute Gasteiger partial charge is 0.352 e. The molecule has 1 aliphatic heterocycles. The highest BCUT2D eigenvalue weighted by Gasteiger charge is 2.41. The molecule has 1 amide bonds. The van der Waals surface area contributed by atoms with Crippen molar-refractivity contribution in [2.45, 2.75) is 45.6 Å². The summed E-state index contributed by atoms with van der Waals surface area (Å²) in [6, 6.07) is 10.7. The standard InChI is InChI=1S/C15H21NO/c1-3-9-15(2)11-14(17)16-13(15)10-12-7-5-4-6-8-12/h4-8,13H,3,9-11H2,1-2H3,(H,16,17). The van der Waals surface area contributed by atoms with Gasteiger partial charge in [-0.2, -0.15) is 0 Å². The van der Waals surface area contributed by atoms with Crippen molar-refractivity contribution < 1.29 is 4.79 Å². The van der Waals surface area contributed by atoms with Crippen LogP contribution in [-0.4, -0.2) is 11.9 Å². The van der Waals surface area contributed by atoms with Gasteiger partial charge in [0.2, 0.25) is 5.91 Å². The van der Waals surface area contributed by atoms with Gasteiger partial charge < -0.3 is 5.32 Å². The lowest BCUT2D eigenvalue weighted by Gasteiger charge is -2.30. The molecule has 0 aliphatic carbocycles. The van der Waals surface area contributed by atoms with Crippen molar-refractivity contribution in [2.75, 3.05) is 0 Å². The quantitative estimate of drug-likeness (QED) is 0.848. The molecule has 1 heterocycles. The first kappa shape index (κ1) is 12.2. The second-order valence-electron chi connectivity index (χ2n) is 5.39. The average molecular weight is 231 g/mol. The Balaban J connectivity index is 2.11. The number of carbonyl (C=O) groups is 1. The second-order valence-corrected chi connectivity index (χ2v) is 5.39. The van der Waals surface area contributed by atoms with E-state index in [-0.39, 0.29) is 17.4 Å². The lowest BCUT2D eigenvalue weighted by Crippen LogP contribution is -2.37. The predicted octanol–water partition coefficient (Wildman–Crippen LogP) is 2.92. The third-order valence-corrected chi connectivity index (χ3v) is 3.84. The SMILES string of the molecule is CCCC1(C)CC(=O)NC1Cc1ccccc1. The minimum atomic E-state index is 0.127. The van der Waals surface area contributed by atoms with Crippen LogP contribution < -0.4 is 5.32 Å². The van der Waals surface area contributed by atoms with Crippen molar-refractivity contribution in [3.63, 3.8) is 0 Å². The number of nitrogens with one attached hydrogen (secondary N) is 1. The number of amides is 1. The van der Waals surface area contributed by atoms with Crippen molar-refractivity contribution >= 4 is 5.91 Å². The Hall–Kier alpha value is -1.31. The molecule has 1 N–H and O–H groups in total. The minimum Gasteiger partial charge on any atom is -0.352 e. The summed E-state index contributed by atoms with van der Waals surface area (Å²) >= 11 is 0. The van der Waals surface area contributed by atoms with Gasteiger partial charge in [0, 0.05) is 12.5 Å². The van der Waals surface area contributed by atoms with E-state index in [2.05, 4.69) is 43.4 Å². The number of benzene rings is 1. The minimum absolute atomic E-state index is 0.127. The number of rotatable bonds is 4. The number of carbonyl (C=O) groups excluding carboxylic acids is 1. The van der Waals surface area contributed by atoms with E-state index in [9.17, 15) is 4.79 Å². The molecule has 1 aromatic rings. The first-order chi connectivity index (χ1) is 8.14. The topological polar surface area (TPSA) is 29.1 Å². The molecule has 92 valence electrons. The van der Waals surface area contributed by atoms with Crippen LogP contribution in [0.1, 0.15) is 38.7 Å². The molecule has 1 fully saturated rings. The summed E-state index contributed by atoms with van der Waals surface area (Å²) in [6.45, 7) is 4.43. The van der Waals surface area contributed by atoms with Crippen molar-refractivity contribution in [3.8, 4) is 0 Å². The number of hydrogen-bond acceptors (Lipinski definition) is 1. The Morgan fingerprint density at radius 2 is 2.06 bits per heavy atom. The van der Waals surface area contributed by atoms with Crippen LogP contribution in [0, 0.1) is 5.41 Å². The molecule has 0 aromatic heterocycles. The van der Waals surface area contributed by atoms with Gasteiger partial charge in [0.25, 0.3) is 0 Å². The van der Waals surface area contributed by atoms with Crippen molar-refractivity contribution in [3.05, 3.63) is 35.9 Å². The van der Waals surface area contributed by atoms with E-state index in [1.807, 2.05) is 6.07 Å². The van der Waals surface area contributed by atoms with Crippen LogP contribution in [0.25, 0.3) is 0 Å². The van der Waals surface area contributed by atoms with Gasteiger partial charge in [0.05, 0.1) is 0 Å². The van der Waals surface area contributed by atoms with E-state index < -0.39 is 0 Å². The van der Waals surface area contributed by atoms with E-state index >= 15 is 0 Å². The molecule has 0 radical (unpaired) electrons. The molecule has 1 saturated heterocycles. The van der Waals surface area contributed by atoms with Gasteiger partial charge in [-0.15, -0.1) is 0 Å². The molecule has 0 bridgehead atoms. The number of hydrogen-bond donors (Lipinski definition) is 1. The molecule has 2 nitrogen and oxygen atoms in total. The van der Waals surface area contributed by atoms with Gasteiger partial charge in [-0.25, -0.2) is 0 Å². The molecule has 2 rings (SSSR count). The highest BCUT2D eigenvalue weighted by Crippen LogP contribution is 2.37. The van der Waals surface area contributed by atoms with E-state index in [0.29, 0.717) is 6.42 Å². The fourth-order valence-corrected chi connectivity index (χ4v) is 2.89. The van der Waals surface area contributed by atoms with E-state index in [4.69, 9.17) is 0 Å². The summed E-state index contributed by atoms with van der Waals surface area (Å²) in [5.41, 5.74) is 1.43. The Morgan fingerprint density at radius 3 is 2.71 bits per heavy atom. The van der Waals surface area contributed by atoms with E-state index in [0.717, 1.165) is 19.3 Å². The van der Waals surface area contributed by atoms with Gasteiger partial charge in [-0.1, -0.05) is 50.6 Å². The molecule has 1 aliphatic rings. The molecule has 2 heteroatoms. The van der Waals surface area contributed by atoms with Crippen LogP contribution in [0.5, 0.6) is 0 Å². The molecule has 0 saturated carbocycles. The first-order valence-electron chi connectivity index (χ1n) is 6.47. The Labute approximate surface area is 103 Å². The second kappa shape index (κ2) is 4.91. The van der Waals surface area contributed by atoms with Gasteiger partial charge in [0.15, 0.2) is 0 Å². The van der Waals surface area contributed by atoms with Crippen LogP contribution in [0.2, 0.25) is 0 Å². The molecule has 1 aromatic carbocycles. The van der Waals surface area contributed by atoms with Crippen molar-refractivity contribution in [1.29, 1.82) is 0 Å². The van der Waals surface area contributed by atoms with E-state index in [1.165, 1.54) is 5.56 Å². The summed E-state index contributed by atoms with van der Waals surface area (Å²) in [7, 11) is 0. The summed E-state index contributed by atoms with van der Waals surface area (Å²) in [6.07, 6.45) is 3.88. The zero-order valence-electron chi connectivity index (χ0n) is 10.7. The van der Waals surface area contributed by atoms with Crippen LogP contribution in [0.3, 0.4) is 0 Å². The first-order valence-corrected chi connectivity index (χ1v) is 6.47. The summed E-state index contributed by atoms with van der Waals surface area (Å²) in [5.74, 6) is 0.210. The third-order valence-electron chi connectivity index (χ3n) is 3.84. The van der Waals surface area contributed by atoms with Crippen LogP contribution >= 0.6 is 0 Å². The molecular weight excluding hydrogens is 210 g/mol. The van der Waals surface area contributed by atoms with Crippen LogP contribution in [0.15, 0.2) is 30.3 Å². The monoisotopic (exact) mass is 231 g/mol. The normalized spacial score (nSPS) is 28.1. The zero-order valence-corrected chi connectivity index (χ0v) is 10.7. The van der Waals surface area contributed by atoms with E-state index in [1.54, 1.807) is 0 Å². The summed E-state index contributed by atoms with van der Waals surface area (Å²) < 4.78 is 0. The molecule has 0 spiro atoms. The zero-order chi connectivity index (χ0) is 12.3. The van der Waals surface area contributed by atoms with Gasteiger partial charge in [0.1, 0.15) is 0 Å². The average Bonchev–Trinajstić information content (AvgIpc) is 2.55. The van der Waals surface area contributed by atoms with Crippen molar-refractivity contribution in [1.82, 2.24) is 5.32 Å². The lowest BCUT2D eigenvalue weighted by atomic mass is 9.76. The summed E-state index contributed by atoms with van der Waals surface area (Å²) in [5, 5.41) is 3.14. The van der Waals surface area contributed by atoms with Gasteiger partial charge >= 0.3 is 0 Å². The lowest BCUT2D eigenvalue weighted by molar-refractivity contribution is -0.119. The fraction of sp³-hybridized carbons (Fsp3) is 0.533. The van der Waals surface area contributed by atoms with Crippen molar-refractivity contribution in [2.24, 2.45) is 5.41 Å². The fourth-order valence-electron chi connectivity index (χ4n) is 2.89. The van der Waals surface area contributed by atoms with Crippen LogP contribution in [0.4, 0.5) is 0 Å².